The van der Waals surface area contributed by atoms with Gasteiger partial charge in [0.05, 0.1) is 6.20 Å². The highest BCUT2D eigenvalue weighted by Gasteiger charge is 2.08. The van der Waals surface area contributed by atoms with Crippen LogP contribution in [0.3, 0.4) is 0 Å². The van der Waals surface area contributed by atoms with Crippen LogP contribution in [0, 0.1) is 0 Å². The molecule has 0 fully saturated rings. The van der Waals surface area contributed by atoms with E-state index in [0.717, 1.165) is 0 Å². The first-order chi connectivity index (χ1) is 8.56. The number of benzene rings is 1. The second kappa shape index (κ2) is 4.97. The number of thiazole rings is 1. The summed E-state index contributed by atoms with van der Waals surface area (Å²) in [6, 6.07) is 6.41. The van der Waals surface area contributed by atoms with Crippen molar-refractivity contribution < 1.29 is 14.3 Å². The number of primary amides is 1. The third kappa shape index (κ3) is 2.72. The van der Waals surface area contributed by atoms with E-state index in [0.29, 0.717) is 21.4 Å². The summed E-state index contributed by atoms with van der Waals surface area (Å²) < 4.78 is 5.50. The molecule has 18 heavy (non-hydrogen) atoms. The van der Waals surface area contributed by atoms with Gasteiger partial charge in [-0.15, -0.1) is 0 Å². The van der Waals surface area contributed by atoms with E-state index < -0.39 is 5.91 Å². The van der Waals surface area contributed by atoms with Crippen molar-refractivity contribution in [2.45, 2.75) is 6.92 Å². The van der Waals surface area contributed by atoms with Crippen LogP contribution in [0.2, 0.25) is 0 Å². The number of nitrogens with two attached hydrogens (primary N) is 1. The first kappa shape index (κ1) is 12.3. The molecule has 0 saturated carbocycles. The van der Waals surface area contributed by atoms with Crippen molar-refractivity contribution in [1.29, 1.82) is 0 Å². The first-order valence-corrected chi connectivity index (χ1v) is 5.92. The predicted molar refractivity (Wildman–Crippen MR) is 67.2 cm³/mol. The number of ether oxygens (including phenoxy) is 1. The van der Waals surface area contributed by atoms with Crippen molar-refractivity contribution >= 4 is 23.0 Å². The van der Waals surface area contributed by atoms with Crippen LogP contribution in [0.4, 0.5) is 0 Å². The Morgan fingerprint density at radius 1 is 1.28 bits per heavy atom. The third-order valence-corrected chi connectivity index (χ3v) is 3.12. The predicted octanol–water partition coefficient (Wildman–Crippen LogP) is 2.24. The van der Waals surface area contributed by atoms with Gasteiger partial charge in [0.15, 0.2) is 10.8 Å². The highest BCUT2D eigenvalue weighted by atomic mass is 32.1. The van der Waals surface area contributed by atoms with E-state index in [4.69, 9.17) is 10.5 Å². The maximum atomic E-state index is 11.1. The second-order valence-electron chi connectivity index (χ2n) is 3.53. The summed E-state index contributed by atoms with van der Waals surface area (Å²) in [5.41, 5.74) is 5.54. The summed E-state index contributed by atoms with van der Waals surface area (Å²) >= 11 is 1.17. The van der Waals surface area contributed by atoms with Crippen LogP contribution in [-0.4, -0.2) is 16.7 Å². The molecule has 1 aromatic carbocycles. The number of Topliss-reactive ketones (excluding diaryl/α,β-unsaturated/α-hetero) is 1. The highest BCUT2D eigenvalue weighted by Crippen LogP contribution is 2.27. The Labute approximate surface area is 107 Å². The largest absolute Gasteiger partial charge is 0.445 e. The Morgan fingerprint density at radius 2 is 1.94 bits per heavy atom. The molecular weight excluding hydrogens is 252 g/mol. The summed E-state index contributed by atoms with van der Waals surface area (Å²) in [6.07, 6.45) is 1.49. The molecule has 2 rings (SSSR count). The van der Waals surface area contributed by atoms with Crippen molar-refractivity contribution in [3.8, 4) is 10.8 Å². The first-order valence-electron chi connectivity index (χ1n) is 5.11. The molecule has 2 aromatic rings. The fraction of sp³-hybridized carbons (Fsp3) is 0.0833. The number of amides is 1. The van der Waals surface area contributed by atoms with Gasteiger partial charge in [-0.05, 0) is 24.3 Å². The minimum Gasteiger partial charge on any atom is -0.445 e. The summed E-state index contributed by atoms with van der Waals surface area (Å²) in [4.78, 5) is 25.9. The number of nitrogens with zero attached hydrogens (tertiary/aromatic N) is 1. The van der Waals surface area contributed by atoms with E-state index >= 15 is 0 Å². The summed E-state index contributed by atoms with van der Waals surface area (Å²) in [5, 5.41) is 0.922. The topological polar surface area (TPSA) is 82.3 Å². The molecule has 5 nitrogen and oxygen atoms in total. The lowest BCUT2D eigenvalue weighted by molar-refractivity contribution is 0.0996. The lowest BCUT2D eigenvalue weighted by Gasteiger charge is -2.02. The monoisotopic (exact) mass is 262 g/mol. The van der Waals surface area contributed by atoms with Crippen LogP contribution >= 0.6 is 11.3 Å². The Balaban J connectivity index is 2.13. The number of carbonyl (C=O) groups is 2. The molecule has 0 atom stereocenters. The Morgan fingerprint density at radius 3 is 2.44 bits per heavy atom. The standard InChI is InChI=1S/C12H10N2O3S/c1-7(15)12-14-6-10(18-12)17-9-4-2-8(3-5-9)11(13)16/h2-6H,1H3,(H2,13,16). The molecule has 0 unspecified atom stereocenters. The van der Waals surface area contributed by atoms with E-state index in [1.54, 1.807) is 24.3 Å². The smallest absolute Gasteiger partial charge is 0.248 e. The molecule has 1 amide bonds. The highest BCUT2D eigenvalue weighted by molar-refractivity contribution is 7.15. The van der Waals surface area contributed by atoms with Gasteiger partial charge < -0.3 is 10.5 Å². The van der Waals surface area contributed by atoms with Crippen LogP contribution in [-0.2, 0) is 0 Å². The molecule has 1 heterocycles. The Kier molecular flexibility index (Phi) is 3.38. The summed E-state index contributed by atoms with van der Waals surface area (Å²) in [7, 11) is 0. The fourth-order valence-corrected chi connectivity index (χ4v) is 1.96. The number of carbonyl (C=O) groups excluding carboxylic acids is 2. The fourth-order valence-electron chi connectivity index (χ4n) is 1.27. The lowest BCUT2D eigenvalue weighted by Crippen LogP contribution is -2.10. The van der Waals surface area contributed by atoms with Gasteiger partial charge in [0.25, 0.3) is 0 Å². The maximum absolute atomic E-state index is 11.1. The molecule has 0 aliphatic heterocycles. The van der Waals surface area contributed by atoms with E-state index in [-0.39, 0.29) is 5.78 Å². The van der Waals surface area contributed by atoms with Crippen molar-refractivity contribution in [3.63, 3.8) is 0 Å². The van der Waals surface area contributed by atoms with Gasteiger partial charge in [-0.25, -0.2) is 4.98 Å². The quantitative estimate of drug-likeness (QED) is 0.856. The van der Waals surface area contributed by atoms with Crippen LogP contribution < -0.4 is 10.5 Å². The van der Waals surface area contributed by atoms with Gasteiger partial charge in [0.1, 0.15) is 5.75 Å². The van der Waals surface area contributed by atoms with E-state index in [1.165, 1.54) is 24.5 Å². The molecule has 0 radical (unpaired) electrons. The number of aromatic nitrogens is 1. The normalized spacial score (nSPS) is 10.1. The molecule has 0 saturated heterocycles. The number of hydrogen-bond acceptors (Lipinski definition) is 5. The zero-order valence-electron chi connectivity index (χ0n) is 9.54. The van der Waals surface area contributed by atoms with Gasteiger partial charge in [-0.3, -0.25) is 9.59 Å². The third-order valence-electron chi connectivity index (χ3n) is 2.14. The Bertz CT molecular complexity index is 590. The minimum atomic E-state index is -0.488. The van der Waals surface area contributed by atoms with Crippen LogP contribution in [0.15, 0.2) is 30.5 Å². The lowest BCUT2D eigenvalue weighted by atomic mass is 10.2. The number of ketones is 1. The van der Waals surface area contributed by atoms with Gasteiger partial charge >= 0.3 is 0 Å². The molecular formula is C12H10N2O3S. The summed E-state index contributed by atoms with van der Waals surface area (Å²) in [5.74, 6) is -0.0316. The molecule has 0 spiro atoms. The van der Waals surface area contributed by atoms with Crippen LogP contribution in [0.1, 0.15) is 27.1 Å². The van der Waals surface area contributed by atoms with Gasteiger partial charge in [-0.2, -0.15) is 0 Å². The molecule has 6 heteroatoms. The summed E-state index contributed by atoms with van der Waals surface area (Å²) in [6.45, 7) is 1.45. The number of rotatable bonds is 4. The SMILES string of the molecule is CC(=O)c1ncc(Oc2ccc(C(N)=O)cc2)s1. The van der Waals surface area contributed by atoms with Crippen molar-refractivity contribution in [3.05, 3.63) is 41.0 Å². The molecule has 92 valence electrons. The van der Waals surface area contributed by atoms with Gasteiger partial charge in [0, 0.05) is 12.5 Å². The molecule has 0 bridgehead atoms. The van der Waals surface area contributed by atoms with Gasteiger partial charge in [0.2, 0.25) is 11.0 Å². The maximum Gasteiger partial charge on any atom is 0.248 e. The number of hydrogen-bond donors (Lipinski definition) is 1. The molecule has 0 aliphatic carbocycles. The van der Waals surface area contributed by atoms with E-state index in [9.17, 15) is 9.59 Å². The second-order valence-corrected chi connectivity index (χ2v) is 4.52. The van der Waals surface area contributed by atoms with Crippen molar-refractivity contribution in [2.75, 3.05) is 0 Å². The van der Waals surface area contributed by atoms with Gasteiger partial charge in [-0.1, -0.05) is 11.3 Å². The van der Waals surface area contributed by atoms with Crippen molar-refractivity contribution in [2.24, 2.45) is 5.73 Å². The molecule has 0 aliphatic rings. The van der Waals surface area contributed by atoms with E-state index in [1.807, 2.05) is 0 Å². The van der Waals surface area contributed by atoms with E-state index in [2.05, 4.69) is 4.98 Å². The van der Waals surface area contributed by atoms with Crippen molar-refractivity contribution in [1.82, 2.24) is 4.98 Å². The zero-order chi connectivity index (χ0) is 13.1. The van der Waals surface area contributed by atoms with Crippen LogP contribution in [0.5, 0.6) is 10.8 Å². The molecule has 1 aromatic heterocycles. The zero-order valence-corrected chi connectivity index (χ0v) is 10.4. The van der Waals surface area contributed by atoms with Crippen LogP contribution in [0.25, 0.3) is 0 Å². The average Bonchev–Trinajstić information content (AvgIpc) is 2.78. The average molecular weight is 262 g/mol. The Hall–Kier alpha value is -2.21. The molecule has 2 N–H and O–H groups in total. The minimum absolute atomic E-state index is 0.0982.